The first-order valence-corrected chi connectivity index (χ1v) is 11.3. The third-order valence-corrected chi connectivity index (χ3v) is 5.58. The van der Waals surface area contributed by atoms with Gasteiger partial charge in [0.2, 0.25) is 0 Å². The number of aryl methyl sites for hydroxylation is 1. The Morgan fingerprint density at radius 1 is 1.09 bits per heavy atom. The number of carbonyl (C=O) groups is 2. The molecule has 0 saturated carbocycles. The molecule has 9 nitrogen and oxygen atoms in total. The summed E-state index contributed by atoms with van der Waals surface area (Å²) in [6, 6.07) is 9.26. The minimum absolute atomic E-state index is 0.258. The molecule has 180 valence electrons. The second-order valence-electron chi connectivity index (χ2n) is 10.0. The summed E-state index contributed by atoms with van der Waals surface area (Å²) in [5.41, 5.74) is 1.50. The van der Waals surface area contributed by atoms with Crippen LogP contribution in [-0.2, 0) is 16.8 Å². The largest absolute Gasteiger partial charge is 0.491 e. The number of rotatable bonds is 3. The number of carbonyl (C=O) groups excluding carboxylic acids is 2. The molecule has 0 atom stereocenters. The highest BCUT2D eigenvalue weighted by Gasteiger charge is 2.32. The first-order chi connectivity index (χ1) is 16.0. The van der Waals surface area contributed by atoms with Crippen molar-refractivity contribution >= 4 is 17.6 Å². The fourth-order valence-corrected chi connectivity index (χ4v) is 3.97. The Balaban J connectivity index is 1.58. The van der Waals surface area contributed by atoms with Gasteiger partial charge in [-0.2, -0.15) is 0 Å². The van der Waals surface area contributed by atoms with E-state index >= 15 is 0 Å². The Bertz CT molecular complexity index is 1240. The van der Waals surface area contributed by atoms with Crippen LogP contribution in [0.4, 0.5) is 4.79 Å². The van der Waals surface area contributed by atoms with E-state index in [9.17, 15) is 9.59 Å². The molecule has 1 aliphatic rings. The van der Waals surface area contributed by atoms with Crippen LogP contribution in [-0.4, -0.2) is 50.3 Å². The van der Waals surface area contributed by atoms with Crippen molar-refractivity contribution in [2.75, 3.05) is 13.2 Å². The topological polar surface area (TPSA) is 98.1 Å². The summed E-state index contributed by atoms with van der Waals surface area (Å²) >= 11 is 0. The van der Waals surface area contributed by atoms with Gasteiger partial charge >= 0.3 is 6.09 Å². The smallest absolute Gasteiger partial charge is 0.410 e. The van der Waals surface area contributed by atoms with Gasteiger partial charge in [-0.1, -0.05) is 18.2 Å². The van der Waals surface area contributed by atoms with Gasteiger partial charge in [0.05, 0.1) is 24.2 Å². The third kappa shape index (κ3) is 4.69. The Hall–Kier alpha value is -3.62. The molecule has 4 rings (SSSR count). The lowest BCUT2D eigenvalue weighted by molar-refractivity contribution is 0.0225. The number of nitrogens with one attached hydrogen (secondary N) is 1. The van der Waals surface area contributed by atoms with Gasteiger partial charge in [0.15, 0.2) is 11.5 Å². The van der Waals surface area contributed by atoms with E-state index in [-0.39, 0.29) is 12.5 Å². The number of nitrogens with zero attached hydrogens (tertiary/aromatic N) is 4. The van der Waals surface area contributed by atoms with Crippen LogP contribution >= 0.6 is 0 Å². The first-order valence-electron chi connectivity index (χ1n) is 11.3. The van der Waals surface area contributed by atoms with Gasteiger partial charge < -0.3 is 19.7 Å². The first kappa shape index (κ1) is 23.5. The molecule has 0 spiro atoms. The van der Waals surface area contributed by atoms with E-state index in [4.69, 9.17) is 9.47 Å². The van der Waals surface area contributed by atoms with Crippen LogP contribution in [0.15, 0.2) is 36.5 Å². The summed E-state index contributed by atoms with van der Waals surface area (Å²) in [6.45, 7) is 12.1. The molecule has 3 aromatic rings. The summed E-state index contributed by atoms with van der Waals surface area (Å²) in [7, 11) is 0. The predicted molar refractivity (Wildman–Crippen MR) is 127 cm³/mol. The number of aromatic nitrogens is 3. The second-order valence-corrected chi connectivity index (χ2v) is 10.0. The summed E-state index contributed by atoms with van der Waals surface area (Å²) in [5, 5.41) is 11.7. The molecule has 0 fully saturated rings. The number of hydrogen-bond donors (Lipinski definition) is 1. The fourth-order valence-electron chi connectivity index (χ4n) is 3.97. The number of fused-ring (bicyclic) bond motifs is 2. The van der Waals surface area contributed by atoms with Crippen LogP contribution in [0, 0.1) is 6.92 Å². The lowest BCUT2D eigenvalue weighted by Gasteiger charge is -2.26. The molecule has 9 heteroatoms. The van der Waals surface area contributed by atoms with Crippen molar-refractivity contribution in [1.29, 1.82) is 0 Å². The van der Waals surface area contributed by atoms with E-state index in [1.165, 1.54) is 0 Å². The highest BCUT2D eigenvalue weighted by molar-refractivity contribution is 5.98. The Morgan fingerprint density at radius 2 is 1.85 bits per heavy atom. The molecule has 2 aromatic heterocycles. The molecule has 1 aliphatic heterocycles. The van der Waals surface area contributed by atoms with Crippen LogP contribution in [0.2, 0.25) is 0 Å². The molecule has 0 saturated heterocycles. The van der Waals surface area contributed by atoms with Crippen LogP contribution in [0.1, 0.15) is 61.9 Å². The van der Waals surface area contributed by atoms with E-state index < -0.39 is 17.2 Å². The van der Waals surface area contributed by atoms with Gasteiger partial charge in [-0.15, -0.1) is 10.2 Å². The average molecular weight is 466 g/mol. The fraction of sp³-hybridized carbons (Fsp3) is 0.440. The maximum atomic E-state index is 13.4. The standard InChI is InChI=1S/C25H31N5O4/c1-16-9-8-12-30-20(16)27-28-22(30)25(5,6)26-21(31)18-11-7-10-17-15-29(13-14-33-19(17)18)23(32)34-24(2,3)4/h7-12H,13-15H2,1-6H3,(H,26,31). The number of ether oxygens (including phenoxy) is 2. The van der Waals surface area contributed by atoms with Crippen molar-refractivity contribution in [3.63, 3.8) is 0 Å². The highest BCUT2D eigenvalue weighted by Crippen LogP contribution is 2.30. The van der Waals surface area contributed by atoms with Gasteiger partial charge in [-0.3, -0.25) is 9.20 Å². The molecule has 34 heavy (non-hydrogen) atoms. The zero-order valence-corrected chi connectivity index (χ0v) is 20.5. The van der Waals surface area contributed by atoms with E-state index in [1.807, 2.05) is 70.3 Å². The highest BCUT2D eigenvalue weighted by atomic mass is 16.6. The molecular formula is C25H31N5O4. The molecule has 1 aromatic carbocycles. The lowest BCUT2D eigenvalue weighted by Crippen LogP contribution is -2.42. The maximum Gasteiger partial charge on any atom is 0.410 e. The normalized spacial score (nSPS) is 14.2. The minimum Gasteiger partial charge on any atom is -0.491 e. The van der Waals surface area contributed by atoms with Crippen molar-refractivity contribution in [3.05, 3.63) is 59.0 Å². The zero-order valence-electron chi connectivity index (χ0n) is 20.5. The summed E-state index contributed by atoms with van der Waals surface area (Å²) in [4.78, 5) is 27.6. The second kappa shape index (κ2) is 8.62. The number of pyridine rings is 1. The number of hydrogen-bond acceptors (Lipinski definition) is 6. The minimum atomic E-state index is -0.805. The van der Waals surface area contributed by atoms with E-state index in [0.717, 1.165) is 16.8 Å². The van der Waals surface area contributed by atoms with E-state index in [0.29, 0.717) is 30.2 Å². The Morgan fingerprint density at radius 3 is 2.59 bits per heavy atom. The predicted octanol–water partition coefficient (Wildman–Crippen LogP) is 3.83. The van der Waals surface area contributed by atoms with Crippen molar-refractivity contribution in [3.8, 4) is 5.75 Å². The Kier molecular flexibility index (Phi) is 5.97. The average Bonchev–Trinajstić information content (AvgIpc) is 3.07. The van der Waals surface area contributed by atoms with Gasteiger partial charge in [0.25, 0.3) is 5.91 Å². The third-order valence-electron chi connectivity index (χ3n) is 5.58. The van der Waals surface area contributed by atoms with Crippen LogP contribution in [0.5, 0.6) is 5.75 Å². The molecule has 0 aliphatic carbocycles. The molecule has 0 unspecified atom stereocenters. The van der Waals surface area contributed by atoms with Crippen molar-refractivity contribution in [2.24, 2.45) is 0 Å². The molecule has 2 amide bonds. The quantitative estimate of drug-likeness (QED) is 0.631. The molecular weight excluding hydrogens is 434 g/mol. The van der Waals surface area contributed by atoms with Crippen LogP contribution in [0.25, 0.3) is 5.65 Å². The van der Waals surface area contributed by atoms with Crippen molar-refractivity contribution in [1.82, 2.24) is 24.8 Å². The maximum absolute atomic E-state index is 13.4. The van der Waals surface area contributed by atoms with Gasteiger partial charge in [-0.05, 0) is 59.2 Å². The van der Waals surface area contributed by atoms with E-state index in [1.54, 1.807) is 17.0 Å². The van der Waals surface area contributed by atoms with Crippen molar-refractivity contribution < 1.29 is 19.1 Å². The molecule has 1 N–H and O–H groups in total. The van der Waals surface area contributed by atoms with Crippen molar-refractivity contribution in [2.45, 2.75) is 59.2 Å². The summed E-state index contributed by atoms with van der Waals surface area (Å²) in [5.74, 6) is 0.805. The number of para-hydroxylation sites is 1. The number of benzene rings is 1. The summed E-state index contributed by atoms with van der Waals surface area (Å²) < 4.78 is 13.4. The van der Waals surface area contributed by atoms with Crippen LogP contribution in [0.3, 0.4) is 0 Å². The van der Waals surface area contributed by atoms with Crippen LogP contribution < -0.4 is 10.1 Å². The monoisotopic (exact) mass is 465 g/mol. The SMILES string of the molecule is Cc1cccn2c(C(C)(C)NC(=O)c3cccc4c3OCCN(C(=O)OC(C)(C)C)C4)nnc12. The van der Waals surface area contributed by atoms with Gasteiger partial charge in [0.1, 0.15) is 18.0 Å². The molecule has 3 heterocycles. The molecule has 0 bridgehead atoms. The van der Waals surface area contributed by atoms with Gasteiger partial charge in [0, 0.05) is 11.8 Å². The number of amides is 2. The lowest BCUT2D eigenvalue weighted by atomic mass is 10.0. The van der Waals surface area contributed by atoms with Gasteiger partial charge in [-0.25, -0.2) is 4.79 Å². The zero-order chi connectivity index (χ0) is 24.7. The Labute approximate surface area is 199 Å². The molecule has 0 radical (unpaired) electrons. The van der Waals surface area contributed by atoms with E-state index in [2.05, 4.69) is 15.5 Å². The summed E-state index contributed by atoms with van der Waals surface area (Å²) in [6.07, 6.45) is 1.48.